The number of rotatable bonds is 6. The Bertz CT molecular complexity index is 749. The highest BCUT2D eigenvalue weighted by Gasteiger charge is 2.31. The molecule has 2 heterocycles. The van der Waals surface area contributed by atoms with Crippen LogP contribution < -0.4 is 15.4 Å². The number of hydrogen-bond acceptors (Lipinski definition) is 6. The molecule has 1 saturated heterocycles. The molecule has 2 N–H and O–H groups in total. The molecule has 0 unspecified atom stereocenters. The highest BCUT2D eigenvalue weighted by molar-refractivity contribution is 5.65. The van der Waals surface area contributed by atoms with E-state index in [2.05, 4.69) is 25.3 Å². The lowest BCUT2D eigenvalue weighted by Crippen LogP contribution is -2.19. The van der Waals surface area contributed by atoms with Gasteiger partial charge in [-0.2, -0.15) is 4.98 Å². The fourth-order valence-electron chi connectivity index (χ4n) is 2.67. The van der Waals surface area contributed by atoms with E-state index in [1.165, 1.54) is 18.2 Å². The van der Waals surface area contributed by atoms with E-state index in [-0.39, 0.29) is 11.9 Å². The van der Waals surface area contributed by atoms with Crippen molar-refractivity contribution >= 4 is 11.8 Å². The average molecular weight is 368 g/mol. The van der Waals surface area contributed by atoms with E-state index in [1.54, 1.807) is 19.2 Å². The Morgan fingerprint density at radius 1 is 1.27 bits per heavy atom. The molecule has 0 amide bonds. The van der Waals surface area contributed by atoms with E-state index in [0.717, 1.165) is 19.4 Å². The quantitative estimate of drug-likeness (QED) is 0.811. The summed E-state index contributed by atoms with van der Waals surface area (Å²) in [7, 11) is 1.67. The number of ether oxygens (including phenoxy) is 2. The molecule has 2 aromatic rings. The monoisotopic (exact) mass is 368 g/mol. The van der Waals surface area contributed by atoms with Crippen molar-refractivity contribution in [1.29, 1.82) is 0 Å². The molecule has 140 valence electrons. The minimum atomic E-state index is -4.74. The molecule has 9 heteroatoms. The number of alkyl halides is 3. The van der Waals surface area contributed by atoms with Gasteiger partial charge in [-0.05, 0) is 25.0 Å². The molecule has 0 radical (unpaired) electrons. The molecule has 0 bridgehead atoms. The number of nitrogens with one attached hydrogen (secondary N) is 2. The van der Waals surface area contributed by atoms with Crippen LogP contribution in [0.25, 0.3) is 11.3 Å². The molecule has 1 aliphatic heterocycles. The van der Waals surface area contributed by atoms with Crippen LogP contribution in [0.3, 0.4) is 0 Å². The molecule has 3 rings (SSSR count). The maximum Gasteiger partial charge on any atom is 0.573 e. The Hall–Kier alpha value is -2.55. The van der Waals surface area contributed by atoms with E-state index in [9.17, 15) is 13.2 Å². The van der Waals surface area contributed by atoms with Gasteiger partial charge in [0.25, 0.3) is 0 Å². The molecule has 0 aliphatic carbocycles. The molecule has 6 nitrogen and oxygen atoms in total. The number of hydrogen-bond donors (Lipinski definition) is 2. The smallest absolute Gasteiger partial charge is 0.406 e. The summed E-state index contributed by atoms with van der Waals surface area (Å²) in [6.07, 6.45) is -2.58. The predicted octanol–water partition coefficient (Wildman–Crippen LogP) is 3.67. The van der Waals surface area contributed by atoms with E-state index < -0.39 is 6.36 Å². The number of nitrogens with zero attached hydrogens (tertiary/aromatic N) is 2. The first-order chi connectivity index (χ1) is 12.4. The van der Waals surface area contributed by atoms with Gasteiger partial charge in [-0.3, -0.25) is 0 Å². The minimum Gasteiger partial charge on any atom is -0.406 e. The second-order valence-corrected chi connectivity index (χ2v) is 5.80. The second-order valence-electron chi connectivity index (χ2n) is 5.80. The number of halogens is 3. The van der Waals surface area contributed by atoms with Gasteiger partial charge in [0.1, 0.15) is 11.6 Å². The zero-order valence-electron chi connectivity index (χ0n) is 14.1. The van der Waals surface area contributed by atoms with Gasteiger partial charge >= 0.3 is 6.36 Å². The van der Waals surface area contributed by atoms with Crippen LogP contribution in [0.5, 0.6) is 5.75 Å². The van der Waals surface area contributed by atoms with Crippen molar-refractivity contribution in [3.63, 3.8) is 0 Å². The molecule has 1 aliphatic rings. The van der Waals surface area contributed by atoms with Crippen LogP contribution in [0.15, 0.2) is 30.3 Å². The molecule has 0 saturated carbocycles. The zero-order valence-corrected chi connectivity index (χ0v) is 14.1. The van der Waals surface area contributed by atoms with Gasteiger partial charge in [-0.15, -0.1) is 13.2 Å². The Kier molecular flexibility index (Phi) is 5.46. The first-order valence-corrected chi connectivity index (χ1v) is 8.21. The van der Waals surface area contributed by atoms with Gasteiger partial charge in [-0.25, -0.2) is 4.98 Å². The Balaban J connectivity index is 1.82. The number of anilines is 2. The molecule has 1 aromatic heterocycles. The van der Waals surface area contributed by atoms with Crippen molar-refractivity contribution in [2.45, 2.75) is 25.3 Å². The Morgan fingerprint density at radius 3 is 2.81 bits per heavy atom. The molecule has 0 spiro atoms. The molecular weight excluding hydrogens is 349 g/mol. The summed E-state index contributed by atoms with van der Waals surface area (Å²) in [5, 5.41) is 6.05. The van der Waals surface area contributed by atoms with Gasteiger partial charge in [0.2, 0.25) is 5.95 Å². The van der Waals surface area contributed by atoms with Crippen LogP contribution in [0, 0.1) is 0 Å². The fourth-order valence-corrected chi connectivity index (χ4v) is 2.67. The Morgan fingerprint density at radius 2 is 2.12 bits per heavy atom. The first-order valence-electron chi connectivity index (χ1n) is 8.21. The highest BCUT2D eigenvalue weighted by Crippen LogP contribution is 2.28. The topological polar surface area (TPSA) is 68.3 Å². The fraction of sp³-hybridized carbons (Fsp3) is 0.412. The third-order valence-electron chi connectivity index (χ3n) is 3.85. The SMILES string of the molecule is CNc1nc(NC[C@@H]2CCCO2)cc(-c2cccc(OC(F)(F)F)c2)n1. The third-order valence-corrected chi connectivity index (χ3v) is 3.85. The van der Waals surface area contributed by atoms with Crippen molar-refractivity contribution in [2.24, 2.45) is 0 Å². The first kappa shape index (κ1) is 18.2. The minimum absolute atomic E-state index is 0.134. The molecule has 1 aromatic carbocycles. The molecular formula is C17H19F3N4O2. The van der Waals surface area contributed by atoms with Crippen molar-refractivity contribution in [1.82, 2.24) is 9.97 Å². The maximum atomic E-state index is 12.4. The normalized spacial score (nSPS) is 17.2. The van der Waals surface area contributed by atoms with Crippen molar-refractivity contribution in [3.8, 4) is 17.0 Å². The van der Waals surface area contributed by atoms with Crippen molar-refractivity contribution in [2.75, 3.05) is 30.8 Å². The summed E-state index contributed by atoms with van der Waals surface area (Å²) in [6.45, 7) is 1.37. The van der Waals surface area contributed by atoms with Crippen LogP contribution in [0.2, 0.25) is 0 Å². The van der Waals surface area contributed by atoms with Crippen LogP contribution in [-0.4, -0.2) is 42.6 Å². The predicted molar refractivity (Wildman–Crippen MR) is 91.2 cm³/mol. The second kappa shape index (κ2) is 7.77. The van der Waals surface area contributed by atoms with Crippen molar-refractivity contribution < 1.29 is 22.6 Å². The zero-order chi connectivity index (χ0) is 18.6. The standard InChI is InChI=1S/C17H19F3N4O2/c1-21-16-23-14(9-15(24-16)22-10-13-6-3-7-25-13)11-4-2-5-12(8-11)26-17(18,19)20/h2,4-5,8-9,13H,3,6-7,10H2,1H3,(H2,21,22,23,24)/t13-/m0/s1. The van der Waals surface area contributed by atoms with Gasteiger partial charge in [0.15, 0.2) is 0 Å². The summed E-state index contributed by atoms with van der Waals surface area (Å²) < 4.78 is 46.8. The Labute approximate surface area is 148 Å². The third kappa shape index (κ3) is 4.98. The van der Waals surface area contributed by atoms with Crippen LogP contribution >= 0.6 is 0 Å². The lowest BCUT2D eigenvalue weighted by molar-refractivity contribution is -0.274. The summed E-state index contributed by atoms with van der Waals surface area (Å²) >= 11 is 0. The summed E-state index contributed by atoms with van der Waals surface area (Å²) in [5.74, 6) is 0.630. The molecule has 26 heavy (non-hydrogen) atoms. The van der Waals surface area contributed by atoms with E-state index in [4.69, 9.17) is 4.74 Å². The van der Waals surface area contributed by atoms with Crippen LogP contribution in [0.1, 0.15) is 12.8 Å². The molecule has 1 atom stereocenters. The van der Waals surface area contributed by atoms with E-state index in [1.807, 2.05) is 0 Å². The lowest BCUT2D eigenvalue weighted by Gasteiger charge is -2.14. The van der Waals surface area contributed by atoms with E-state index in [0.29, 0.717) is 29.6 Å². The lowest BCUT2D eigenvalue weighted by atomic mass is 10.1. The van der Waals surface area contributed by atoms with Crippen LogP contribution in [-0.2, 0) is 4.74 Å². The van der Waals surface area contributed by atoms with Gasteiger partial charge in [-0.1, -0.05) is 12.1 Å². The average Bonchev–Trinajstić information content (AvgIpc) is 3.12. The molecule has 1 fully saturated rings. The van der Waals surface area contributed by atoms with Gasteiger partial charge < -0.3 is 20.1 Å². The number of aromatic nitrogens is 2. The van der Waals surface area contributed by atoms with E-state index >= 15 is 0 Å². The summed E-state index contributed by atoms with van der Waals surface area (Å²) in [6, 6.07) is 7.36. The van der Waals surface area contributed by atoms with Gasteiger partial charge in [0.05, 0.1) is 11.8 Å². The number of benzene rings is 1. The largest absolute Gasteiger partial charge is 0.573 e. The highest BCUT2D eigenvalue weighted by atomic mass is 19.4. The maximum absolute atomic E-state index is 12.4. The van der Waals surface area contributed by atoms with Crippen molar-refractivity contribution in [3.05, 3.63) is 30.3 Å². The summed E-state index contributed by atoms with van der Waals surface area (Å²) in [5.41, 5.74) is 0.970. The summed E-state index contributed by atoms with van der Waals surface area (Å²) in [4.78, 5) is 8.63. The van der Waals surface area contributed by atoms with Crippen LogP contribution in [0.4, 0.5) is 24.9 Å². The van der Waals surface area contributed by atoms with Gasteiger partial charge in [0, 0.05) is 31.8 Å².